The maximum absolute atomic E-state index is 12.1. The van der Waals surface area contributed by atoms with Crippen LogP contribution in [0.1, 0.15) is 20.3 Å². The van der Waals surface area contributed by atoms with Gasteiger partial charge in [0.1, 0.15) is 6.04 Å². The van der Waals surface area contributed by atoms with E-state index in [9.17, 15) is 9.59 Å². The summed E-state index contributed by atoms with van der Waals surface area (Å²) in [5.41, 5.74) is 0.924. The minimum atomic E-state index is -0.627. The predicted octanol–water partition coefficient (Wildman–Crippen LogP) is 3.08. The van der Waals surface area contributed by atoms with Crippen LogP contribution in [0.25, 0.3) is 0 Å². The highest BCUT2D eigenvalue weighted by Gasteiger charge is 2.22. The molecule has 0 bridgehead atoms. The van der Waals surface area contributed by atoms with Gasteiger partial charge in [-0.15, -0.1) is 10.2 Å². The van der Waals surface area contributed by atoms with Crippen LogP contribution in [-0.2, 0) is 14.3 Å². The van der Waals surface area contributed by atoms with Crippen molar-refractivity contribution in [2.24, 2.45) is 5.92 Å². The summed E-state index contributed by atoms with van der Waals surface area (Å²) < 4.78 is 5.43. The van der Waals surface area contributed by atoms with Gasteiger partial charge in [-0.25, -0.2) is 4.79 Å². The normalized spacial score (nSPS) is 11.8. The Labute approximate surface area is 160 Å². The number of para-hydroxylation sites is 1. The molecule has 2 aromatic rings. The highest BCUT2D eigenvalue weighted by Crippen LogP contribution is 2.27. The van der Waals surface area contributed by atoms with E-state index in [1.165, 1.54) is 30.2 Å². The Balaban J connectivity index is 1.84. The van der Waals surface area contributed by atoms with E-state index in [0.717, 1.165) is 5.69 Å². The van der Waals surface area contributed by atoms with Crippen LogP contribution in [0.2, 0.25) is 0 Å². The monoisotopic (exact) mass is 394 g/mol. The number of nitrogens with zero attached hydrogens (tertiary/aromatic N) is 2. The molecule has 1 aromatic carbocycles. The molecule has 0 aliphatic rings. The Morgan fingerprint density at radius 1 is 1.23 bits per heavy atom. The zero-order valence-corrected chi connectivity index (χ0v) is 16.5. The number of benzene rings is 1. The van der Waals surface area contributed by atoms with Gasteiger partial charge in [0, 0.05) is 5.69 Å². The second-order valence-corrected chi connectivity index (χ2v) is 8.13. The number of hydrogen-bond donors (Lipinski definition) is 2. The fourth-order valence-corrected chi connectivity index (χ4v) is 3.74. The summed E-state index contributed by atoms with van der Waals surface area (Å²) in [6.45, 7) is 3.97. The van der Waals surface area contributed by atoms with Crippen molar-refractivity contribution >= 4 is 45.8 Å². The number of carbonyl (C=O) groups excluding carboxylic acids is 2. The maximum atomic E-state index is 12.1. The number of amides is 1. The van der Waals surface area contributed by atoms with Crippen LogP contribution in [0.15, 0.2) is 34.7 Å². The van der Waals surface area contributed by atoms with E-state index in [1.54, 1.807) is 0 Å². The van der Waals surface area contributed by atoms with Gasteiger partial charge in [-0.05, 0) is 24.5 Å². The van der Waals surface area contributed by atoms with Gasteiger partial charge in [0.25, 0.3) is 0 Å². The lowest BCUT2D eigenvalue weighted by Crippen LogP contribution is -2.43. The Kier molecular flexibility index (Phi) is 7.86. The molecule has 2 rings (SSSR count). The molecule has 2 N–H and O–H groups in total. The summed E-state index contributed by atoms with van der Waals surface area (Å²) in [6, 6.07) is 9.03. The van der Waals surface area contributed by atoms with E-state index in [0.29, 0.717) is 15.9 Å². The summed E-state index contributed by atoms with van der Waals surface area (Å²) >= 11 is 2.65. The molecule has 0 fully saturated rings. The minimum absolute atomic E-state index is 0.158. The number of ether oxygens (including phenoxy) is 1. The van der Waals surface area contributed by atoms with Crippen LogP contribution in [0.3, 0.4) is 0 Å². The first-order valence-corrected chi connectivity index (χ1v) is 9.93. The van der Waals surface area contributed by atoms with Crippen molar-refractivity contribution in [3.05, 3.63) is 30.3 Å². The van der Waals surface area contributed by atoms with E-state index in [4.69, 9.17) is 4.74 Å². The summed E-state index contributed by atoms with van der Waals surface area (Å²) in [5.74, 6) is -0.242. The van der Waals surface area contributed by atoms with Crippen molar-refractivity contribution in [3.63, 3.8) is 0 Å². The number of aromatic nitrogens is 2. The van der Waals surface area contributed by atoms with Crippen molar-refractivity contribution in [2.75, 3.05) is 18.2 Å². The molecule has 140 valence electrons. The molecule has 1 heterocycles. The first-order valence-electron chi connectivity index (χ1n) is 8.13. The molecule has 7 nitrogen and oxygen atoms in total. The van der Waals surface area contributed by atoms with Crippen LogP contribution in [0.5, 0.6) is 0 Å². The summed E-state index contributed by atoms with van der Waals surface area (Å²) in [5, 5.41) is 14.7. The topological polar surface area (TPSA) is 93.2 Å². The summed E-state index contributed by atoms with van der Waals surface area (Å²) in [4.78, 5) is 23.9. The van der Waals surface area contributed by atoms with Crippen LogP contribution < -0.4 is 10.6 Å². The first kappa shape index (κ1) is 20.2. The zero-order chi connectivity index (χ0) is 18.9. The molecular weight excluding hydrogens is 372 g/mol. The second kappa shape index (κ2) is 10.1. The van der Waals surface area contributed by atoms with Crippen LogP contribution in [0.4, 0.5) is 10.8 Å². The number of thioether (sulfide) groups is 1. The second-order valence-electron chi connectivity index (χ2n) is 5.93. The number of anilines is 2. The molecule has 9 heteroatoms. The number of rotatable bonds is 9. The lowest BCUT2D eigenvalue weighted by atomic mass is 10.0. The fraction of sp³-hybridized carbons (Fsp3) is 0.412. The third-order valence-electron chi connectivity index (χ3n) is 3.29. The molecule has 0 saturated heterocycles. The van der Waals surface area contributed by atoms with Gasteiger partial charge in [0.05, 0.1) is 12.9 Å². The van der Waals surface area contributed by atoms with E-state index in [2.05, 4.69) is 20.8 Å². The number of hydrogen-bond acceptors (Lipinski definition) is 8. The smallest absolute Gasteiger partial charge is 0.328 e. The lowest BCUT2D eigenvalue weighted by molar-refractivity contribution is -0.145. The highest BCUT2D eigenvalue weighted by molar-refractivity contribution is 8.01. The van der Waals surface area contributed by atoms with E-state index in [1.807, 2.05) is 44.2 Å². The first-order chi connectivity index (χ1) is 12.5. The number of esters is 1. The molecule has 1 atom stereocenters. The molecule has 0 radical (unpaired) electrons. The third-order valence-corrected chi connectivity index (χ3v) is 5.26. The van der Waals surface area contributed by atoms with Gasteiger partial charge >= 0.3 is 5.97 Å². The van der Waals surface area contributed by atoms with Gasteiger partial charge in [-0.3, -0.25) is 4.79 Å². The Hall–Kier alpha value is -2.13. The third kappa shape index (κ3) is 6.64. The Bertz CT molecular complexity index is 722. The van der Waals surface area contributed by atoms with Crippen molar-refractivity contribution in [1.29, 1.82) is 0 Å². The molecule has 26 heavy (non-hydrogen) atoms. The van der Waals surface area contributed by atoms with Gasteiger partial charge in [0.15, 0.2) is 4.34 Å². The quantitative estimate of drug-likeness (QED) is 0.499. The number of methoxy groups -OCH3 is 1. The van der Waals surface area contributed by atoms with Crippen molar-refractivity contribution in [3.8, 4) is 0 Å². The summed E-state index contributed by atoms with van der Waals surface area (Å²) in [6.07, 6.45) is 0.535. The SMILES string of the molecule is COC(=O)[C@@H](CC(C)C)NC(=O)CSc1nnc(Nc2ccccc2)s1. The predicted molar refractivity (Wildman–Crippen MR) is 104 cm³/mol. The molecule has 0 spiro atoms. The molecular formula is C17H22N4O3S2. The van der Waals surface area contributed by atoms with E-state index >= 15 is 0 Å². The summed E-state index contributed by atoms with van der Waals surface area (Å²) in [7, 11) is 1.32. The standard InChI is InChI=1S/C17H22N4O3S2/c1-11(2)9-13(15(23)24-3)19-14(22)10-25-17-21-20-16(26-17)18-12-7-5-4-6-8-12/h4-8,11,13H,9-10H2,1-3H3,(H,18,20)(H,19,22)/t13-/m1/s1. The van der Waals surface area contributed by atoms with Gasteiger partial charge in [-0.1, -0.05) is 55.1 Å². The minimum Gasteiger partial charge on any atom is -0.467 e. The largest absolute Gasteiger partial charge is 0.467 e. The maximum Gasteiger partial charge on any atom is 0.328 e. The molecule has 1 aromatic heterocycles. The van der Waals surface area contributed by atoms with Gasteiger partial charge in [0.2, 0.25) is 11.0 Å². The molecule has 1 amide bonds. The van der Waals surface area contributed by atoms with E-state index < -0.39 is 12.0 Å². The van der Waals surface area contributed by atoms with Crippen molar-refractivity contribution in [2.45, 2.75) is 30.6 Å². The lowest BCUT2D eigenvalue weighted by Gasteiger charge is -2.17. The molecule has 0 saturated carbocycles. The molecule has 0 aliphatic carbocycles. The molecule has 0 unspecified atom stereocenters. The van der Waals surface area contributed by atoms with E-state index in [-0.39, 0.29) is 17.6 Å². The van der Waals surface area contributed by atoms with Crippen LogP contribution in [0, 0.1) is 5.92 Å². The average molecular weight is 395 g/mol. The van der Waals surface area contributed by atoms with Crippen molar-refractivity contribution in [1.82, 2.24) is 15.5 Å². The number of nitrogens with one attached hydrogen (secondary N) is 2. The Morgan fingerprint density at radius 3 is 2.62 bits per heavy atom. The van der Waals surface area contributed by atoms with Gasteiger partial charge < -0.3 is 15.4 Å². The fourth-order valence-electron chi connectivity index (χ4n) is 2.15. The van der Waals surface area contributed by atoms with Crippen molar-refractivity contribution < 1.29 is 14.3 Å². The van der Waals surface area contributed by atoms with Crippen LogP contribution in [-0.4, -0.2) is 41.0 Å². The number of carbonyl (C=O) groups is 2. The highest BCUT2D eigenvalue weighted by atomic mass is 32.2. The zero-order valence-electron chi connectivity index (χ0n) is 14.9. The van der Waals surface area contributed by atoms with Crippen LogP contribution >= 0.6 is 23.1 Å². The van der Waals surface area contributed by atoms with Gasteiger partial charge in [-0.2, -0.15) is 0 Å². The Morgan fingerprint density at radius 2 is 1.96 bits per heavy atom. The average Bonchev–Trinajstić information content (AvgIpc) is 3.06. The molecule has 0 aliphatic heterocycles.